The Labute approximate surface area is 340 Å². The number of fused-ring (bicyclic) bond motifs is 7. The second-order valence-electron chi connectivity index (χ2n) is 21.9. The summed E-state index contributed by atoms with van der Waals surface area (Å²) in [6.45, 7) is 30.8. The molecule has 5 saturated carbocycles. The topological polar surface area (TPSA) is 82.1 Å². The predicted molar refractivity (Wildman–Crippen MR) is 227 cm³/mol. The minimum Gasteiger partial charge on any atom is -0.481 e. The number of hydrogen-bond acceptors (Lipinski definition) is 6. The van der Waals surface area contributed by atoms with E-state index in [0.717, 1.165) is 70.5 Å². The summed E-state index contributed by atoms with van der Waals surface area (Å²) in [4.78, 5) is 30.1. The number of benzene rings is 1. The smallest absolute Gasteiger partial charge is 0.309 e. The number of aliphatic carboxylic acids is 1. The molecule has 2 N–H and O–H groups in total. The molecule has 7 heteroatoms. The van der Waals surface area contributed by atoms with Gasteiger partial charge in [-0.2, -0.15) is 0 Å². The maximum absolute atomic E-state index is 13.1. The second kappa shape index (κ2) is 15.3. The van der Waals surface area contributed by atoms with Gasteiger partial charge in [-0.05, 0) is 161 Å². The van der Waals surface area contributed by atoms with Gasteiger partial charge in [0.2, 0.25) is 0 Å². The summed E-state index contributed by atoms with van der Waals surface area (Å²) in [5.41, 5.74) is 2.70. The van der Waals surface area contributed by atoms with Crippen molar-refractivity contribution in [1.82, 2.24) is 10.2 Å². The van der Waals surface area contributed by atoms with Gasteiger partial charge in [0, 0.05) is 50.4 Å². The number of nitrogens with one attached hydrogen (secondary N) is 1. The number of piperazine rings is 1. The number of rotatable bonds is 12. The molecule has 0 aromatic heterocycles. The Balaban J connectivity index is 1.00. The van der Waals surface area contributed by atoms with E-state index in [0.29, 0.717) is 28.6 Å². The van der Waals surface area contributed by atoms with Crippen LogP contribution >= 0.6 is 0 Å². The first-order chi connectivity index (χ1) is 26.4. The summed E-state index contributed by atoms with van der Waals surface area (Å²) in [6, 6.07) is 10.9. The van der Waals surface area contributed by atoms with E-state index in [-0.39, 0.29) is 34.7 Å². The number of ether oxygens (including phenoxy) is 1. The monoisotopic (exact) mass is 772 g/mol. The Morgan fingerprint density at radius 3 is 2.25 bits per heavy atom. The Morgan fingerprint density at radius 1 is 0.857 bits per heavy atom. The lowest BCUT2D eigenvalue weighted by Crippen LogP contribution is -2.66. The standard InChI is InChI=1S/C49H77N3O4/c1-34(2)36-17-22-49(25-26-50-27-28-51-29-31-52(32-30-51)35-13-11-10-12-14-35)24-23-47(8)37(42(36)49)15-16-39-46(7)20-19-40(56-41(53)33-44(3,4)43(54)55)45(5,6)38(46)18-21-48(39,47)9/h10-14,36-40,42,50H,1,15-33H2,2-9H3,(H,54,55)/t36-,37+,38-,39+,40-,42+,46-,47+,48+,49+/m0/s1. The molecule has 10 atom stereocenters. The highest BCUT2D eigenvalue weighted by atomic mass is 16.5. The Morgan fingerprint density at radius 2 is 1.57 bits per heavy atom. The number of carbonyl (C=O) groups excluding carboxylic acids is 1. The lowest BCUT2D eigenvalue weighted by Gasteiger charge is -2.73. The second-order valence-corrected chi connectivity index (χ2v) is 21.9. The molecular weight excluding hydrogens is 695 g/mol. The molecule has 56 heavy (non-hydrogen) atoms. The van der Waals surface area contributed by atoms with Crippen LogP contribution in [0, 0.1) is 62.1 Å². The Hall–Kier alpha value is -2.38. The molecule has 5 aliphatic carbocycles. The predicted octanol–water partition coefficient (Wildman–Crippen LogP) is 9.86. The summed E-state index contributed by atoms with van der Waals surface area (Å²) >= 11 is 0. The van der Waals surface area contributed by atoms with Crippen molar-refractivity contribution in [3.8, 4) is 0 Å². The number of hydrogen-bond donors (Lipinski definition) is 2. The van der Waals surface area contributed by atoms with Crippen molar-refractivity contribution >= 4 is 17.6 Å². The number of carboxylic acid groups (broad SMARTS) is 1. The molecule has 6 fully saturated rings. The normalized spacial score (nSPS) is 39.5. The maximum Gasteiger partial charge on any atom is 0.309 e. The van der Waals surface area contributed by atoms with Crippen LogP contribution in [0.5, 0.6) is 0 Å². The Bertz CT molecular complexity index is 1600. The van der Waals surface area contributed by atoms with Crippen molar-refractivity contribution in [3.63, 3.8) is 0 Å². The number of carboxylic acids is 1. The van der Waals surface area contributed by atoms with Crippen molar-refractivity contribution in [2.75, 3.05) is 50.7 Å². The van der Waals surface area contributed by atoms with Crippen molar-refractivity contribution in [2.45, 2.75) is 139 Å². The minimum absolute atomic E-state index is 0.0890. The van der Waals surface area contributed by atoms with Crippen LogP contribution in [0.1, 0.15) is 132 Å². The SMILES string of the molecule is C=C(C)[C@@H]1CC[C@]2(CCNCCN3CCN(c4ccccc4)CC3)CC[C@]3(C)[C@H](CC[C@@H]4[C@@]5(C)CC[C@H](OC(=O)CC(C)(C)C(=O)O)C(C)(C)[C@@H]5CC[C@]43C)[C@@H]12. The average molecular weight is 772 g/mol. The van der Waals surface area contributed by atoms with Gasteiger partial charge in [-0.25, -0.2) is 0 Å². The van der Waals surface area contributed by atoms with Crippen molar-refractivity contribution in [1.29, 1.82) is 0 Å². The first kappa shape index (κ1) is 41.8. The van der Waals surface area contributed by atoms with Crippen LogP contribution in [-0.2, 0) is 14.3 Å². The number of anilines is 1. The first-order valence-corrected chi connectivity index (χ1v) is 22.7. The molecule has 1 aromatic rings. The molecule has 7 rings (SSSR count). The van der Waals surface area contributed by atoms with Gasteiger partial charge < -0.3 is 20.1 Å². The minimum atomic E-state index is -1.12. The zero-order chi connectivity index (χ0) is 40.3. The zero-order valence-electron chi connectivity index (χ0n) is 36.6. The van der Waals surface area contributed by atoms with Crippen LogP contribution in [0.4, 0.5) is 5.69 Å². The van der Waals surface area contributed by atoms with Gasteiger partial charge in [-0.3, -0.25) is 14.5 Å². The highest BCUT2D eigenvalue weighted by Gasteiger charge is 2.71. The third-order valence-corrected chi connectivity index (χ3v) is 18.5. The van der Waals surface area contributed by atoms with Crippen molar-refractivity contribution in [2.24, 2.45) is 62.1 Å². The van der Waals surface area contributed by atoms with Gasteiger partial charge in [0.05, 0.1) is 11.8 Å². The van der Waals surface area contributed by atoms with Crippen LogP contribution < -0.4 is 10.2 Å². The fourth-order valence-electron chi connectivity index (χ4n) is 15.1. The van der Waals surface area contributed by atoms with Crippen LogP contribution in [0.3, 0.4) is 0 Å². The highest BCUT2D eigenvalue weighted by molar-refractivity contribution is 5.81. The van der Waals surface area contributed by atoms with Crippen LogP contribution in [0.15, 0.2) is 42.5 Å². The molecule has 0 bridgehead atoms. The molecule has 6 aliphatic rings. The van der Waals surface area contributed by atoms with Gasteiger partial charge in [-0.15, -0.1) is 0 Å². The van der Waals surface area contributed by atoms with Crippen molar-refractivity contribution in [3.05, 3.63) is 42.5 Å². The lowest BCUT2D eigenvalue weighted by atomic mass is 9.32. The third-order valence-electron chi connectivity index (χ3n) is 18.5. The largest absolute Gasteiger partial charge is 0.481 e. The number of allylic oxidation sites excluding steroid dienone is 1. The molecule has 1 aliphatic heterocycles. The van der Waals surface area contributed by atoms with E-state index in [1.807, 2.05) is 0 Å². The Kier molecular flexibility index (Phi) is 11.4. The first-order valence-electron chi connectivity index (χ1n) is 22.7. The summed E-state index contributed by atoms with van der Waals surface area (Å²) in [5, 5.41) is 13.6. The molecule has 1 heterocycles. The molecular formula is C49H77N3O4. The van der Waals surface area contributed by atoms with Gasteiger partial charge in [0.25, 0.3) is 0 Å². The molecule has 0 radical (unpaired) electrons. The summed E-state index contributed by atoms with van der Waals surface area (Å²) < 4.78 is 6.22. The van der Waals surface area contributed by atoms with E-state index in [9.17, 15) is 14.7 Å². The van der Waals surface area contributed by atoms with E-state index < -0.39 is 11.4 Å². The molecule has 0 amide bonds. The molecule has 0 unspecified atom stereocenters. The average Bonchev–Trinajstić information content (AvgIpc) is 3.53. The summed E-state index contributed by atoms with van der Waals surface area (Å²) in [5.74, 6) is 1.93. The third kappa shape index (κ3) is 7.09. The van der Waals surface area contributed by atoms with Gasteiger partial charge in [0.15, 0.2) is 0 Å². The fourth-order valence-corrected chi connectivity index (χ4v) is 15.1. The van der Waals surface area contributed by atoms with E-state index in [1.54, 1.807) is 13.8 Å². The van der Waals surface area contributed by atoms with Crippen LogP contribution in [0.2, 0.25) is 0 Å². The van der Waals surface area contributed by atoms with Crippen LogP contribution in [-0.4, -0.2) is 73.9 Å². The zero-order valence-corrected chi connectivity index (χ0v) is 36.6. The number of nitrogens with zero attached hydrogens (tertiary/aromatic N) is 2. The number of carbonyl (C=O) groups is 2. The fraction of sp³-hybridized carbons (Fsp3) is 0.796. The van der Waals surface area contributed by atoms with E-state index >= 15 is 0 Å². The molecule has 0 spiro atoms. The number of esters is 1. The molecule has 1 aromatic carbocycles. The summed E-state index contributed by atoms with van der Waals surface area (Å²) in [6.07, 6.45) is 13.4. The van der Waals surface area contributed by atoms with E-state index in [4.69, 9.17) is 4.74 Å². The number of para-hydroxylation sites is 1. The molecule has 7 nitrogen and oxygen atoms in total. The van der Waals surface area contributed by atoms with Gasteiger partial charge >= 0.3 is 11.9 Å². The quantitative estimate of drug-likeness (QED) is 0.124. The molecule has 1 saturated heterocycles. The maximum atomic E-state index is 13.1. The summed E-state index contributed by atoms with van der Waals surface area (Å²) in [7, 11) is 0. The van der Waals surface area contributed by atoms with Crippen molar-refractivity contribution < 1.29 is 19.4 Å². The van der Waals surface area contributed by atoms with E-state index in [1.165, 1.54) is 69.0 Å². The van der Waals surface area contributed by atoms with Gasteiger partial charge in [0.1, 0.15) is 6.10 Å². The van der Waals surface area contributed by atoms with Crippen LogP contribution in [0.25, 0.3) is 0 Å². The lowest BCUT2D eigenvalue weighted by molar-refractivity contribution is -0.250. The highest BCUT2D eigenvalue weighted by Crippen LogP contribution is 2.78. The van der Waals surface area contributed by atoms with E-state index in [2.05, 4.69) is 93.6 Å². The van der Waals surface area contributed by atoms with Gasteiger partial charge in [-0.1, -0.05) is 65.0 Å². The molecule has 312 valence electrons.